The summed E-state index contributed by atoms with van der Waals surface area (Å²) < 4.78 is 0. The van der Waals surface area contributed by atoms with Gasteiger partial charge in [0.15, 0.2) is 5.82 Å². The number of nitrogens with one attached hydrogen (secondary N) is 1. The van der Waals surface area contributed by atoms with E-state index in [1.807, 2.05) is 0 Å². The highest BCUT2D eigenvalue weighted by molar-refractivity contribution is 5.02. The molecule has 0 fully saturated rings. The molecule has 0 aliphatic carbocycles. The smallest absolute Gasteiger partial charge is 0.154 e. The third kappa shape index (κ3) is 4.75. The predicted octanol–water partition coefficient (Wildman–Crippen LogP) is 4.01. The van der Waals surface area contributed by atoms with Crippen LogP contribution in [0.4, 0.5) is 0 Å². The molecule has 104 valence electrons. The molecule has 18 heavy (non-hydrogen) atoms. The summed E-state index contributed by atoms with van der Waals surface area (Å²) in [6.45, 7) is 6.80. The number of hydrogen-bond acceptors (Lipinski definition) is 3. The molecule has 0 spiro atoms. The van der Waals surface area contributed by atoms with Crippen molar-refractivity contribution in [1.82, 2.24) is 20.6 Å². The topological polar surface area (TPSA) is 54.5 Å². The van der Waals surface area contributed by atoms with Gasteiger partial charge in [-0.1, -0.05) is 65.7 Å². The van der Waals surface area contributed by atoms with Gasteiger partial charge in [-0.05, 0) is 23.3 Å². The molecule has 1 N–H and O–H groups in total. The maximum absolute atomic E-state index is 4.15. The summed E-state index contributed by atoms with van der Waals surface area (Å²) in [5.41, 5.74) is 0.131. The maximum atomic E-state index is 4.15. The first-order valence-corrected chi connectivity index (χ1v) is 7.47. The van der Waals surface area contributed by atoms with Crippen LogP contribution >= 0.6 is 0 Å². The zero-order valence-electron chi connectivity index (χ0n) is 12.2. The number of tetrazole rings is 1. The van der Waals surface area contributed by atoms with E-state index in [0.29, 0.717) is 0 Å². The number of H-pyrrole nitrogens is 1. The molecule has 0 saturated heterocycles. The minimum atomic E-state index is 0.131. The van der Waals surface area contributed by atoms with Crippen molar-refractivity contribution in [3.05, 3.63) is 5.82 Å². The van der Waals surface area contributed by atoms with E-state index in [1.54, 1.807) is 0 Å². The third-order valence-electron chi connectivity index (χ3n) is 3.83. The molecule has 0 aliphatic rings. The minimum Gasteiger partial charge on any atom is -0.242 e. The number of rotatable bonds is 10. The summed E-state index contributed by atoms with van der Waals surface area (Å²) in [5, 5.41) is 14.6. The van der Waals surface area contributed by atoms with Crippen molar-refractivity contribution in [3.63, 3.8) is 0 Å². The van der Waals surface area contributed by atoms with Crippen molar-refractivity contribution in [3.8, 4) is 0 Å². The molecule has 0 saturated carbocycles. The van der Waals surface area contributed by atoms with Gasteiger partial charge in [0, 0.05) is 5.41 Å². The van der Waals surface area contributed by atoms with Crippen molar-refractivity contribution in [1.29, 1.82) is 0 Å². The summed E-state index contributed by atoms with van der Waals surface area (Å²) in [6.07, 6.45) is 11.4. The lowest BCUT2D eigenvalue weighted by atomic mass is 9.79. The number of aromatic nitrogens is 4. The van der Waals surface area contributed by atoms with Gasteiger partial charge in [-0.2, -0.15) is 0 Å². The van der Waals surface area contributed by atoms with Crippen molar-refractivity contribution >= 4 is 0 Å². The molecule has 1 unspecified atom stereocenters. The molecule has 0 aliphatic heterocycles. The van der Waals surface area contributed by atoms with E-state index in [4.69, 9.17) is 0 Å². The van der Waals surface area contributed by atoms with Crippen LogP contribution in [0.1, 0.15) is 84.4 Å². The third-order valence-corrected chi connectivity index (χ3v) is 3.83. The van der Waals surface area contributed by atoms with Crippen LogP contribution in [0.25, 0.3) is 0 Å². The lowest BCUT2D eigenvalue weighted by Crippen LogP contribution is -2.24. The van der Waals surface area contributed by atoms with Gasteiger partial charge in [0.1, 0.15) is 0 Å². The second-order valence-corrected chi connectivity index (χ2v) is 5.58. The fourth-order valence-corrected chi connectivity index (χ4v) is 2.48. The Hall–Kier alpha value is -0.930. The molecule has 0 bridgehead atoms. The van der Waals surface area contributed by atoms with E-state index in [2.05, 4.69) is 41.4 Å². The minimum absolute atomic E-state index is 0.131. The van der Waals surface area contributed by atoms with E-state index in [1.165, 1.54) is 57.8 Å². The zero-order valence-corrected chi connectivity index (χ0v) is 12.2. The Bertz CT molecular complexity index is 297. The first kappa shape index (κ1) is 15.1. The van der Waals surface area contributed by atoms with E-state index < -0.39 is 0 Å². The van der Waals surface area contributed by atoms with Crippen LogP contribution in [0, 0.1) is 0 Å². The van der Waals surface area contributed by atoms with Crippen LogP contribution in [0.5, 0.6) is 0 Å². The predicted molar refractivity (Wildman–Crippen MR) is 74.4 cm³/mol. The lowest BCUT2D eigenvalue weighted by molar-refractivity contribution is 0.347. The highest BCUT2D eigenvalue weighted by atomic mass is 15.5. The first-order chi connectivity index (χ1) is 8.73. The molecule has 1 aromatic rings. The molecular weight excluding hydrogens is 224 g/mol. The SMILES string of the molecule is CCCCCCC(C)(CCCCC)c1nnn[nH]1. The zero-order chi connectivity index (χ0) is 13.3. The van der Waals surface area contributed by atoms with E-state index in [9.17, 15) is 0 Å². The van der Waals surface area contributed by atoms with Gasteiger partial charge in [-0.3, -0.25) is 0 Å². The fourth-order valence-electron chi connectivity index (χ4n) is 2.48. The standard InChI is InChI=1S/C14H28N4/c1-4-6-8-10-12-14(3,11-9-7-5-2)13-15-17-18-16-13/h4-12H2,1-3H3,(H,15,16,17,18). The quantitative estimate of drug-likeness (QED) is 0.640. The van der Waals surface area contributed by atoms with Crippen LogP contribution in [0.3, 0.4) is 0 Å². The highest BCUT2D eigenvalue weighted by Gasteiger charge is 2.29. The summed E-state index contributed by atoms with van der Waals surface area (Å²) in [6, 6.07) is 0. The molecular formula is C14H28N4. The van der Waals surface area contributed by atoms with Crippen LogP contribution < -0.4 is 0 Å². The number of nitrogens with zero attached hydrogens (tertiary/aromatic N) is 3. The van der Waals surface area contributed by atoms with Gasteiger partial charge in [0.05, 0.1) is 0 Å². The molecule has 1 aromatic heterocycles. The largest absolute Gasteiger partial charge is 0.242 e. The number of aromatic amines is 1. The Kier molecular flexibility index (Phi) is 6.91. The van der Waals surface area contributed by atoms with Crippen LogP contribution in [0.15, 0.2) is 0 Å². The molecule has 1 rings (SSSR count). The Morgan fingerprint density at radius 3 is 2.11 bits per heavy atom. The molecule has 4 nitrogen and oxygen atoms in total. The second-order valence-electron chi connectivity index (χ2n) is 5.58. The molecule has 4 heteroatoms. The Balaban J connectivity index is 2.51. The molecule has 1 atom stereocenters. The van der Waals surface area contributed by atoms with Crippen molar-refractivity contribution in [2.24, 2.45) is 0 Å². The van der Waals surface area contributed by atoms with Gasteiger partial charge >= 0.3 is 0 Å². The first-order valence-electron chi connectivity index (χ1n) is 7.47. The van der Waals surface area contributed by atoms with E-state index in [-0.39, 0.29) is 5.41 Å². The average Bonchev–Trinajstić information content (AvgIpc) is 2.89. The second kappa shape index (κ2) is 8.22. The Morgan fingerprint density at radius 1 is 0.944 bits per heavy atom. The van der Waals surface area contributed by atoms with Gasteiger partial charge < -0.3 is 0 Å². The lowest BCUT2D eigenvalue weighted by Gasteiger charge is -2.26. The van der Waals surface area contributed by atoms with E-state index >= 15 is 0 Å². The molecule has 1 heterocycles. The number of unbranched alkanes of at least 4 members (excludes halogenated alkanes) is 5. The monoisotopic (exact) mass is 252 g/mol. The Labute approximate surface area is 111 Å². The average molecular weight is 252 g/mol. The summed E-state index contributed by atoms with van der Waals surface area (Å²) in [5.74, 6) is 0.968. The normalized spacial score (nSPS) is 14.6. The summed E-state index contributed by atoms with van der Waals surface area (Å²) in [4.78, 5) is 0. The summed E-state index contributed by atoms with van der Waals surface area (Å²) in [7, 11) is 0. The molecule has 0 amide bonds. The highest BCUT2D eigenvalue weighted by Crippen LogP contribution is 2.32. The van der Waals surface area contributed by atoms with Gasteiger partial charge in [-0.15, -0.1) is 5.10 Å². The van der Waals surface area contributed by atoms with E-state index in [0.717, 1.165) is 5.82 Å². The van der Waals surface area contributed by atoms with Crippen LogP contribution in [0.2, 0.25) is 0 Å². The van der Waals surface area contributed by atoms with Crippen LogP contribution in [-0.4, -0.2) is 20.6 Å². The van der Waals surface area contributed by atoms with Crippen molar-refractivity contribution in [2.45, 2.75) is 84.0 Å². The van der Waals surface area contributed by atoms with Gasteiger partial charge in [0.2, 0.25) is 0 Å². The van der Waals surface area contributed by atoms with Crippen molar-refractivity contribution in [2.75, 3.05) is 0 Å². The van der Waals surface area contributed by atoms with Crippen molar-refractivity contribution < 1.29 is 0 Å². The number of hydrogen-bond donors (Lipinski definition) is 1. The fraction of sp³-hybridized carbons (Fsp3) is 0.929. The molecule has 0 aromatic carbocycles. The maximum Gasteiger partial charge on any atom is 0.154 e. The summed E-state index contributed by atoms with van der Waals surface area (Å²) >= 11 is 0. The molecule has 0 radical (unpaired) electrons. The Morgan fingerprint density at radius 2 is 1.56 bits per heavy atom. The van der Waals surface area contributed by atoms with Gasteiger partial charge in [-0.25, -0.2) is 5.10 Å². The van der Waals surface area contributed by atoms with Crippen LogP contribution in [-0.2, 0) is 5.41 Å². The van der Waals surface area contributed by atoms with Gasteiger partial charge in [0.25, 0.3) is 0 Å².